The van der Waals surface area contributed by atoms with Crippen molar-refractivity contribution in [3.05, 3.63) is 69.8 Å². The van der Waals surface area contributed by atoms with Crippen molar-refractivity contribution < 1.29 is 4.79 Å². The standard InChI is InChI=1S/C21H25N5O2/c1-4-9-16-13-19(27)24-21(22-16)26-18(12-14(3)25-26)23-20(28)17(5-2)15-10-7-6-8-11-15/h6-8,10-13,17H,4-5,9H2,1-3H3,(H,23,28)(H,22,24,27)/t17-/m0/s1. The lowest BCUT2D eigenvalue weighted by Gasteiger charge is -2.16. The van der Waals surface area contributed by atoms with Gasteiger partial charge in [-0.25, -0.2) is 4.98 Å². The Hall–Kier alpha value is -3.22. The van der Waals surface area contributed by atoms with Crippen LogP contribution >= 0.6 is 0 Å². The molecule has 0 aliphatic rings. The van der Waals surface area contributed by atoms with Crippen LogP contribution in [0.5, 0.6) is 0 Å². The number of carbonyl (C=O) groups excluding carboxylic acids is 1. The van der Waals surface area contributed by atoms with Gasteiger partial charge in [-0.05, 0) is 25.3 Å². The smallest absolute Gasteiger partial charge is 0.252 e. The van der Waals surface area contributed by atoms with Crippen LogP contribution in [0.15, 0.2) is 47.3 Å². The summed E-state index contributed by atoms with van der Waals surface area (Å²) in [6.45, 7) is 5.84. The van der Waals surface area contributed by atoms with E-state index >= 15 is 0 Å². The van der Waals surface area contributed by atoms with Crippen LogP contribution in [0.3, 0.4) is 0 Å². The Morgan fingerprint density at radius 2 is 1.96 bits per heavy atom. The van der Waals surface area contributed by atoms with Crippen LogP contribution in [-0.2, 0) is 11.2 Å². The minimum Gasteiger partial charge on any atom is -0.310 e. The van der Waals surface area contributed by atoms with Gasteiger partial charge in [0, 0.05) is 17.8 Å². The molecule has 0 fully saturated rings. The first kappa shape index (κ1) is 19.5. The van der Waals surface area contributed by atoms with Crippen molar-refractivity contribution in [1.82, 2.24) is 19.7 Å². The second-order valence-electron chi connectivity index (χ2n) is 6.75. The lowest BCUT2D eigenvalue weighted by Crippen LogP contribution is -2.23. The Bertz CT molecular complexity index is 1010. The van der Waals surface area contributed by atoms with E-state index in [1.54, 1.807) is 6.07 Å². The number of carbonyl (C=O) groups is 1. The van der Waals surface area contributed by atoms with E-state index in [0.29, 0.717) is 36.0 Å². The molecule has 146 valence electrons. The summed E-state index contributed by atoms with van der Waals surface area (Å²) in [7, 11) is 0. The molecule has 3 rings (SSSR count). The lowest BCUT2D eigenvalue weighted by atomic mass is 9.96. The Morgan fingerprint density at radius 1 is 1.21 bits per heavy atom. The minimum atomic E-state index is -0.275. The number of aromatic nitrogens is 4. The molecular weight excluding hydrogens is 354 g/mol. The molecule has 2 N–H and O–H groups in total. The van der Waals surface area contributed by atoms with Crippen LogP contribution in [0.2, 0.25) is 0 Å². The highest BCUT2D eigenvalue weighted by molar-refractivity contribution is 5.95. The Balaban J connectivity index is 1.93. The zero-order chi connectivity index (χ0) is 20.1. The van der Waals surface area contributed by atoms with Crippen molar-refractivity contribution in [2.75, 3.05) is 5.32 Å². The number of hydrogen-bond acceptors (Lipinski definition) is 4. The monoisotopic (exact) mass is 379 g/mol. The van der Waals surface area contributed by atoms with E-state index in [9.17, 15) is 9.59 Å². The van der Waals surface area contributed by atoms with E-state index in [4.69, 9.17) is 0 Å². The van der Waals surface area contributed by atoms with E-state index in [-0.39, 0.29) is 17.4 Å². The molecule has 0 bridgehead atoms. The number of aryl methyl sites for hydroxylation is 2. The zero-order valence-electron chi connectivity index (χ0n) is 16.4. The molecule has 1 amide bonds. The third-order valence-electron chi connectivity index (χ3n) is 4.50. The number of nitrogens with zero attached hydrogens (tertiary/aromatic N) is 3. The maximum atomic E-state index is 12.9. The van der Waals surface area contributed by atoms with Gasteiger partial charge in [-0.15, -0.1) is 0 Å². The third-order valence-corrected chi connectivity index (χ3v) is 4.50. The summed E-state index contributed by atoms with van der Waals surface area (Å²) >= 11 is 0. The first-order valence-electron chi connectivity index (χ1n) is 9.55. The van der Waals surface area contributed by atoms with Gasteiger partial charge in [0.2, 0.25) is 11.9 Å². The molecule has 1 aromatic carbocycles. The van der Waals surface area contributed by atoms with Gasteiger partial charge < -0.3 is 5.32 Å². The third kappa shape index (κ3) is 4.36. The maximum Gasteiger partial charge on any atom is 0.252 e. The number of benzene rings is 1. The summed E-state index contributed by atoms with van der Waals surface area (Å²) in [6, 6.07) is 12.9. The molecule has 0 aliphatic heterocycles. The SMILES string of the molecule is CCCc1cc(=O)[nH]c(-n2nc(C)cc2NC(=O)[C@@H](CC)c2ccccc2)n1. The fourth-order valence-corrected chi connectivity index (χ4v) is 3.20. The minimum absolute atomic E-state index is 0.123. The van der Waals surface area contributed by atoms with E-state index in [1.165, 1.54) is 10.7 Å². The molecule has 0 spiro atoms. The number of amides is 1. The fourth-order valence-electron chi connectivity index (χ4n) is 3.20. The Kier molecular flexibility index (Phi) is 6.03. The molecular formula is C21H25N5O2. The molecule has 0 radical (unpaired) electrons. The van der Waals surface area contributed by atoms with E-state index in [2.05, 4.69) is 20.4 Å². The summed E-state index contributed by atoms with van der Waals surface area (Å²) in [4.78, 5) is 32.1. The van der Waals surface area contributed by atoms with Crippen LogP contribution < -0.4 is 10.9 Å². The van der Waals surface area contributed by atoms with Gasteiger partial charge in [-0.3, -0.25) is 14.6 Å². The molecule has 7 nitrogen and oxygen atoms in total. The van der Waals surface area contributed by atoms with Crippen LogP contribution in [0.4, 0.5) is 5.82 Å². The topological polar surface area (TPSA) is 92.7 Å². The summed E-state index contributed by atoms with van der Waals surface area (Å²) in [6.07, 6.45) is 2.25. The molecule has 7 heteroatoms. The van der Waals surface area contributed by atoms with E-state index in [1.807, 2.05) is 51.1 Å². The van der Waals surface area contributed by atoms with Gasteiger partial charge >= 0.3 is 0 Å². The van der Waals surface area contributed by atoms with Gasteiger partial charge in [0.25, 0.3) is 5.56 Å². The molecule has 0 saturated carbocycles. The van der Waals surface area contributed by atoms with Gasteiger partial charge in [0.1, 0.15) is 5.82 Å². The van der Waals surface area contributed by atoms with Crippen LogP contribution in [0.1, 0.15) is 49.6 Å². The summed E-state index contributed by atoms with van der Waals surface area (Å²) in [5, 5.41) is 7.35. The fraction of sp³-hybridized carbons (Fsp3) is 0.333. The van der Waals surface area contributed by atoms with Gasteiger partial charge in [0.15, 0.2) is 0 Å². The van der Waals surface area contributed by atoms with Crippen molar-refractivity contribution >= 4 is 11.7 Å². The molecule has 3 aromatic rings. The second-order valence-corrected chi connectivity index (χ2v) is 6.75. The largest absolute Gasteiger partial charge is 0.310 e. The summed E-state index contributed by atoms with van der Waals surface area (Å²) in [5.41, 5.74) is 2.13. The van der Waals surface area contributed by atoms with Gasteiger partial charge in [-0.1, -0.05) is 50.6 Å². The Morgan fingerprint density at radius 3 is 2.64 bits per heavy atom. The molecule has 1 atom stereocenters. The Labute approximate surface area is 163 Å². The highest BCUT2D eigenvalue weighted by Gasteiger charge is 2.21. The van der Waals surface area contributed by atoms with Gasteiger partial charge in [0.05, 0.1) is 11.6 Å². The number of aromatic amines is 1. The second kappa shape index (κ2) is 8.65. The van der Waals surface area contributed by atoms with Crippen molar-refractivity contribution in [3.63, 3.8) is 0 Å². The lowest BCUT2D eigenvalue weighted by molar-refractivity contribution is -0.117. The van der Waals surface area contributed by atoms with Crippen molar-refractivity contribution in [1.29, 1.82) is 0 Å². The van der Waals surface area contributed by atoms with Gasteiger partial charge in [-0.2, -0.15) is 9.78 Å². The first-order chi connectivity index (χ1) is 13.5. The predicted octanol–water partition coefficient (Wildman–Crippen LogP) is 3.35. The number of rotatable bonds is 7. The van der Waals surface area contributed by atoms with Crippen LogP contribution in [0, 0.1) is 6.92 Å². The molecule has 0 saturated heterocycles. The van der Waals surface area contributed by atoms with Crippen LogP contribution in [0.25, 0.3) is 5.95 Å². The number of hydrogen-bond donors (Lipinski definition) is 2. The number of anilines is 1. The molecule has 2 aromatic heterocycles. The normalized spacial score (nSPS) is 12.0. The molecule has 0 aliphatic carbocycles. The summed E-state index contributed by atoms with van der Waals surface area (Å²) < 4.78 is 1.48. The summed E-state index contributed by atoms with van der Waals surface area (Å²) in [5.74, 6) is 0.381. The zero-order valence-corrected chi connectivity index (χ0v) is 16.4. The van der Waals surface area contributed by atoms with E-state index < -0.39 is 0 Å². The molecule has 0 unspecified atom stereocenters. The predicted molar refractivity (Wildman–Crippen MR) is 109 cm³/mol. The van der Waals surface area contributed by atoms with Crippen LogP contribution in [-0.4, -0.2) is 25.7 Å². The maximum absolute atomic E-state index is 12.9. The average Bonchev–Trinajstić information content (AvgIpc) is 3.03. The highest BCUT2D eigenvalue weighted by atomic mass is 16.2. The first-order valence-corrected chi connectivity index (χ1v) is 9.55. The van der Waals surface area contributed by atoms with E-state index in [0.717, 1.165) is 12.0 Å². The van der Waals surface area contributed by atoms with Crippen molar-refractivity contribution in [3.8, 4) is 5.95 Å². The highest BCUT2D eigenvalue weighted by Crippen LogP contribution is 2.22. The van der Waals surface area contributed by atoms with Crippen molar-refractivity contribution in [2.45, 2.75) is 46.0 Å². The quantitative estimate of drug-likeness (QED) is 0.658. The molecule has 2 heterocycles. The van der Waals surface area contributed by atoms with Crippen molar-refractivity contribution in [2.24, 2.45) is 0 Å². The molecule has 28 heavy (non-hydrogen) atoms. The number of H-pyrrole nitrogens is 1. The number of nitrogens with one attached hydrogen (secondary N) is 2. The average molecular weight is 379 g/mol.